The number of piperidine rings is 1. The van der Waals surface area contributed by atoms with Crippen molar-refractivity contribution in [2.75, 3.05) is 34.5 Å². The number of rotatable bonds is 7. The molecule has 14 unspecified atom stereocenters. The van der Waals surface area contributed by atoms with Crippen LogP contribution < -0.4 is 0 Å². The van der Waals surface area contributed by atoms with E-state index in [0.29, 0.717) is 64.2 Å². The van der Waals surface area contributed by atoms with Crippen LogP contribution in [0.2, 0.25) is 0 Å². The molecule has 2 bridgehead atoms. The molecule has 13 heteroatoms. The zero-order valence-corrected chi connectivity index (χ0v) is 36.8. The average molecular weight is 832 g/mol. The van der Waals surface area contributed by atoms with Crippen molar-refractivity contribution in [3.63, 3.8) is 0 Å². The quantitative estimate of drug-likeness (QED) is 0.230. The molecule has 0 spiro atoms. The van der Waals surface area contributed by atoms with E-state index in [1.54, 1.807) is 34.1 Å². The van der Waals surface area contributed by atoms with Crippen LogP contribution in [-0.2, 0) is 42.9 Å². The molecule has 59 heavy (non-hydrogen) atoms. The second-order valence-corrected chi connectivity index (χ2v) is 18.0. The lowest BCUT2D eigenvalue weighted by atomic mass is 9.81. The minimum atomic E-state index is -2.47. The molecule has 4 aliphatic rings. The van der Waals surface area contributed by atoms with E-state index in [1.165, 1.54) is 12.0 Å². The molecule has 3 heterocycles. The smallest absolute Gasteiger partial charge is 0.296 e. The van der Waals surface area contributed by atoms with E-state index < -0.39 is 90.3 Å². The maximum atomic E-state index is 14.2. The standard InChI is InChI=1S/C46H73NO12/c1-10-13-33-21-28(3)20-27(2)15-18-39(55-7)43-41(57-9)23-30(5)46(54,59-43)44(52)45(53)47-19-12-11-14-34(47)38(51)26-58-42(31(6)36(49)25-37(33)50)29(4)22-32-16-17-35(48)40(24-32)56-8/h10,21-22,27,30-36,39-43,48-49,54H,1,11-20,23-26H2,2-9H3/b28-21+,29-22+. The van der Waals surface area contributed by atoms with Crippen molar-refractivity contribution in [2.45, 2.75) is 166 Å². The number of allylic oxidation sites excluding steroid dienone is 4. The van der Waals surface area contributed by atoms with E-state index in [-0.39, 0.29) is 43.1 Å². The van der Waals surface area contributed by atoms with Crippen molar-refractivity contribution < 1.29 is 58.2 Å². The summed E-state index contributed by atoms with van der Waals surface area (Å²) in [6.45, 7) is 13.0. The first-order valence-corrected chi connectivity index (χ1v) is 21.8. The SMILES string of the molecule is C=CCC1/C=C(\C)CC(C)CCC(OC)C2OC(O)(C(=O)C(=O)N3CCCCC3C(=O)COC(/C(C)=C/C3CCC(O)C(OC)C3)C(C)C(O)CC1=O)C(C)CC2OC. The van der Waals surface area contributed by atoms with Gasteiger partial charge in [0.15, 0.2) is 5.78 Å². The van der Waals surface area contributed by atoms with Gasteiger partial charge in [0, 0.05) is 52.0 Å². The largest absolute Gasteiger partial charge is 0.392 e. The molecule has 1 saturated carbocycles. The third kappa shape index (κ3) is 12.3. The fourth-order valence-corrected chi connectivity index (χ4v) is 9.78. The number of nitrogens with zero attached hydrogens (tertiary/aromatic N) is 1. The number of ether oxygens (including phenoxy) is 5. The highest BCUT2D eigenvalue weighted by atomic mass is 16.7. The van der Waals surface area contributed by atoms with Crippen LogP contribution in [0.3, 0.4) is 0 Å². The predicted octanol–water partition coefficient (Wildman–Crippen LogP) is 5.07. The molecular formula is C46H73NO12. The van der Waals surface area contributed by atoms with Crippen LogP contribution in [-0.4, -0.2) is 133 Å². The Morgan fingerprint density at radius 2 is 1.59 bits per heavy atom. The number of carbonyl (C=O) groups is 4. The summed E-state index contributed by atoms with van der Waals surface area (Å²) in [5, 5.41) is 34.1. The third-order valence-corrected chi connectivity index (χ3v) is 13.4. The summed E-state index contributed by atoms with van der Waals surface area (Å²) in [4.78, 5) is 57.6. The summed E-state index contributed by atoms with van der Waals surface area (Å²) in [5.41, 5.74) is 1.78. The zero-order chi connectivity index (χ0) is 43.6. The van der Waals surface area contributed by atoms with Crippen LogP contribution in [0, 0.1) is 29.6 Å². The Morgan fingerprint density at radius 3 is 2.25 bits per heavy atom. The minimum Gasteiger partial charge on any atom is -0.392 e. The molecule has 0 aromatic rings. The van der Waals surface area contributed by atoms with Crippen LogP contribution in [0.15, 0.2) is 36.0 Å². The average Bonchev–Trinajstić information content (AvgIpc) is 3.21. The number of carbonyl (C=O) groups excluding carboxylic acids is 4. The highest BCUT2D eigenvalue weighted by Gasteiger charge is 2.56. The first kappa shape index (κ1) is 49.0. The number of methoxy groups -OCH3 is 3. The summed E-state index contributed by atoms with van der Waals surface area (Å²) in [7, 11) is 4.66. The number of hydrogen-bond acceptors (Lipinski definition) is 12. The molecule has 3 fully saturated rings. The molecule has 0 aromatic carbocycles. The van der Waals surface area contributed by atoms with Crippen molar-refractivity contribution >= 4 is 23.3 Å². The van der Waals surface area contributed by atoms with Gasteiger partial charge in [0.25, 0.3) is 11.7 Å². The van der Waals surface area contributed by atoms with Crippen molar-refractivity contribution in [1.82, 2.24) is 4.90 Å². The number of hydrogen-bond donors (Lipinski definition) is 3. The number of amides is 1. The Balaban J connectivity index is 1.72. The third-order valence-electron chi connectivity index (χ3n) is 13.4. The van der Waals surface area contributed by atoms with E-state index in [0.717, 1.165) is 11.1 Å². The van der Waals surface area contributed by atoms with Crippen LogP contribution in [0.25, 0.3) is 0 Å². The van der Waals surface area contributed by atoms with Gasteiger partial charge < -0.3 is 43.9 Å². The summed E-state index contributed by atoms with van der Waals surface area (Å²) < 4.78 is 29.9. The van der Waals surface area contributed by atoms with Gasteiger partial charge in [0.2, 0.25) is 5.79 Å². The van der Waals surface area contributed by atoms with Gasteiger partial charge in [0.1, 0.15) is 18.5 Å². The topological polar surface area (TPSA) is 178 Å². The molecule has 4 rings (SSSR count). The lowest BCUT2D eigenvalue weighted by molar-refractivity contribution is -0.302. The van der Waals surface area contributed by atoms with Gasteiger partial charge in [-0.1, -0.05) is 44.6 Å². The van der Waals surface area contributed by atoms with Gasteiger partial charge in [-0.3, -0.25) is 19.2 Å². The Morgan fingerprint density at radius 1 is 0.898 bits per heavy atom. The highest BCUT2D eigenvalue weighted by Crippen LogP contribution is 2.39. The molecule has 0 aromatic heterocycles. The van der Waals surface area contributed by atoms with Gasteiger partial charge in [-0.25, -0.2) is 0 Å². The maximum Gasteiger partial charge on any atom is 0.296 e. The molecule has 1 aliphatic carbocycles. The fourth-order valence-electron chi connectivity index (χ4n) is 9.78. The first-order chi connectivity index (χ1) is 28.0. The fraction of sp³-hybridized carbons (Fsp3) is 0.783. The Bertz CT molecular complexity index is 1510. The number of fused-ring (bicyclic) bond motifs is 3. The number of aliphatic hydroxyl groups is 3. The molecule has 334 valence electrons. The van der Waals surface area contributed by atoms with Gasteiger partial charge >= 0.3 is 0 Å². The maximum absolute atomic E-state index is 14.2. The van der Waals surface area contributed by atoms with E-state index in [1.807, 2.05) is 19.9 Å². The van der Waals surface area contributed by atoms with Crippen molar-refractivity contribution in [3.8, 4) is 0 Å². The Kier molecular flexibility index (Phi) is 18.7. The van der Waals surface area contributed by atoms with E-state index in [2.05, 4.69) is 19.6 Å². The first-order valence-electron chi connectivity index (χ1n) is 21.8. The Hall–Kier alpha value is -2.62. The van der Waals surface area contributed by atoms with Gasteiger partial charge in [-0.15, -0.1) is 6.58 Å². The zero-order valence-electron chi connectivity index (χ0n) is 36.8. The van der Waals surface area contributed by atoms with Crippen molar-refractivity contribution in [3.05, 3.63) is 36.0 Å². The lowest BCUT2D eigenvalue weighted by Gasteiger charge is -2.46. The van der Waals surface area contributed by atoms with E-state index >= 15 is 0 Å². The summed E-state index contributed by atoms with van der Waals surface area (Å²) >= 11 is 0. The molecule has 2 saturated heterocycles. The second-order valence-electron chi connectivity index (χ2n) is 18.0. The van der Waals surface area contributed by atoms with Gasteiger partial charge in [0.05, 0.1) is 42.7 Å². The molecular weight excluding hydrogens is 759 g/mol. The summed E-state index contributed by atoms with van der Waals surface area (Å²) in [6, 6.07) is -0.983. The van der Waals surface area contributed by atoms with Gasteiger partial charge in [-0.05, 0) is 102 Å². The molecule has 14 atom stereocenters. The van der Waals surface area contributed by atoms with Crippen molar-refractivity contribution in [2.24, 2.45) is 29.6 Å². The summed E-state index contributed by atoms with van der Waals surface area (Å²) in [6.07, 6.45) is 6.76. The molecule has 1 amide bonds. The molecule has 13 nitrogen and oxygen atoms in total. The number of aliphatic hydroxyl groups excluding tert-OH is 2. The van der Waals surface area contributed by atoms with Crippen LogP contribution >= 0.6 is 0 Å². The molecule has 3 N–H and O–H groups in total. The lowest BCUT2D eigenvalue weighted by Crippen LogP contribution is -2.64. The predicted molar refractivity (Wildman–Crippen MR) is 222 cm³/mol. The van der Waals surface area contributed by atoms with E-state index in [4.69, 9.17) is 23.7 Å². The Labute approximate surface area is 351 Å². The number of ketones is 3. The highest BCUT2D eigenvalue weighted by molar-refractivity contribution is 6.39. The minimum absolute atomic E-state index is 0.0465. The van der Waals surface area contributed by atoms with Gasteiger partial charge in [-0.2, -0.15) is 0 Å². The summed E-state index contributed by atoms with van der Waals surface area (Å²) in [5.74, 6) is -6.84. The van der Waals surface area contributed by atoms with Crippen LogP contribution in [0.1, 0.15) is 112 Å². The molecule has 0 radical (unpaired) electrons. The molecule has 3 aliphatic heterocycles. The number of Topliss-reactive ketones (excluding diaryl/α,β-unsaturated/α-hetero) is 3. The van der Waals surface area contributed by atoms with Crippen LogP contribution in [0.5, 0.6) is 0 Å². The van der Waals surface area contributed by atoms with Crippen molar-refractivity contribution in [1.29, 1.82) is 0 Å². The monoisotopic (exact) mass is 832 g/mol. The normalized spacial score (nSPS) is 40.5. The van der Waals surface area contributed by atoms with Crippen LogP contribution in [0.4, 0.5) is 0 Å². The second kappa shape index (κ2) is 22.5. The van der Waals surface area contributed by atoms with E-state index in [9.17, 15) is 34.5 Å².